The Kier molecular flexibility index (Phi) is 5.63. The van der Waals surface area contributed by atoms with Crippen LogP contribution in [0.1, 0.15) is 81.0 Å². The highest BCUT2D eigenvalue weighted by atomic mass is 16.2. The molecule has 8 rings (SSSR count). The van der Waals surface area contributed by atoms with Crippen molar-refractivity contribution in [3.63, 3.8) is 0 Å². The molecule has 2 aromatic carbocycles. The number of hydrogen-bond acceptors (Lipinski definition) is 2. The van der Waals surface area contributed by atoms with Gasteiger partial charge in [-0.2, -0.15) is 0 Å². The molecule has 37 heavy (non-hydrogen) atoms. The Morgan fingerprint density at radius 3 is 2.19 bits per heavy atom. The average molecular weight is 496 g/mol. The van der Waals surface area contributed by atoms with Gasteiger partial charge in [0, 0.05) is 40.0 Å². The van der Waals surface area contributed by atoms with Crippen LogP contribution in [0.15, 0.2) is 48.7 Å². The lowest BCUT2D eigenvalue weighted by molar-refractivity contribution is -0.140. The van der Waals surface area contributed by atoms with E-state index in [4.69, 9.17) is 0 Å². The Balaban J connectivity index is 1.08. The number of benzene rings is 2. The summed E-state index contributed by atoms with van der Waals surface area (Å²) < 4.78 is 0. The Hall–Kier alpha value is -3.08. The van der Waals surface area contributed by atoms with Crippen molar-refractivity contribution < 1.29 is 9.59 Å². The minimum atomic E-state index is -0.140. The molecule has 5 aliphatic carbocycles. The van der Waals surface area contributed by atoms with E-state index < -0.39 is 0 Å². The molecule has 5 nitrogen and oxygen atoms in total. The fourth-order valence-corrected chi connectivity index (χ4v) is 8.40. The molecule has 3 aromatic rings. The zero-order chi connectivity index (χ0) is 25.0. The zero-order valence-corrected chi connectivity index (χ0v) is 21.5. The topological polar surface area (TPSA) is 74.0 Å². The summed E-state index contributed by atoms with van der Waals surface area (Å²) in [6.45, 7) is 0. The van der Waals surface area contributed by atoms with Crippen LogP contribution in [0.5, 0.6) is 0 Å². The maximum Gasteiger partial charge on any atom is 0.251 e. The number of hydrogen-bond donors (Lipinski definition) is 3. The van der Waals surface area contributed by atoms with Crippen molar-refractivity contribution in [2.75, 3.05) is 5.32 Å². The SMILES string of the molecule is O=C(NC1CCCCC1)c1ccc2[nH]cc(-c3ccc(NC(=O)C45CC6CC(CC(C6)C4)C5)cc3)c2c1. The fraction of sp³-hybridized carbons (Fsp3) is 0.500. The predicted octanol–water partition coefficient (Wildman–Crippen LogP) is 7.05. The summed E-state index contributed by atoms with van der Waals surface area (Å²) in [6, 6.07) is 14.4. The Morgan fingerprint density at radius 1 is 0.838 bits per heavy atom. The molecule has 5 aliphatic rings. The monoisotopic (exact) mass is 495 g/mol. The van der Waals surface area contributed by atoms with E-state index in [1.165, 1.54) is 38.5 Å². The van der Waals surface area contributed by atoms with Crippen molar-refractivity contribution in [2.24, 2.45) is 23.2 Å². The first-order chi connectivity index (χ1) is 18.0. The molecule has 1 heterocycles. The van der Waals surface area contributed by atoms with Crippen molar-refractivity contribution in [1.29, 1.82) is 0 Å². The summed E-state index contributed by atoms with van der Waals surface area (Å²) >= 11 is 0. The number of rotatable bonds is 5. The lowest BCUT2D eigenvalue weighted by Crippen LogP contribution is -2.51. The van der Waals surface area contributed by atoms with Gasteiger partial charge in [-0.15, -0.1) is 0 Å². The van der Waals surface area contributed by atoms with E-state index in [1.807, 2.05) is 36.5 Å². The van der Waals surface area contributed by atoms with Gasteiger partial charge in [0.1, 0.15) is 0 Å². The van der Waals surface area contributed by atoms with Gasteiger partial charge in [0.2, 0.25) is 5.91 Å². The van der Waals surface area contributed by atoms with Gasteiger partial charge in [-0.25, -0.2) is 0 Å². The number of aromatic nitrogens is 1. The lowest BCUT2D eigenvalue weighted by Gasteiger charge is -2.55. The third-order valence-corrected chi connectivity index (χ3v) is 9.86. The smallest absolute Gasteiger partial charge is 0.251 e. The molecule has 0 atom stereocenters. The second kappa shape index (κ2) is 9.04. The molecule has 0 radical (unpaired) electrons. The number of carbonyl (C=O) groups excluding carboxylic acids is 2. The molecule has 0 saturated heterocycles. The Labute approximate surface area is 218 Å². The number of aromatic amines is 1. The molecule has 5 fully saturated rings. The first kappa shape index (κ1) is 23.1. The summed E-state index contributed by atoms with van der Waals surface area (Å²) in [6.07, 6.45) is 15.1. The molecule has 2 amide bonds. The van der Waals surface area contributed by atoms with E-state index in [0.717, 1.165) is 77.6 Å². The molecule has 0 unspecified atom stereocenters. The van der Waals surface area contributed by atoms with Gasteiger partial charge >= 0.3 is 0 Å². The van der Waals surface area contributed by atoms with Crippen molar-refractivity contribution in [3.8, 4) is 11.1 Å². The van der Waals surface area contributed by atoms with Gasteiger partial charge in [0.25, 0.3) is 5.91 Å². The number of fused-ring (bicyclic) bond motifs is 1. The molecule has 4 bridgehead atoms. The highest BCUT2D eigenvalue weighted by Gasteiger charge is 2.54. The molecule has 192 valence electrons. The van der Waals surface area contributed by atoms with Gasteiger partial charge in [0.05, 0.1) is 5.41 Å². The van der Waals surface area contributed by atoms with Crippen LogP contribution in [0.25, 0.3) is 22.0 Å². The Morgan fingerprint density at radius 2 is 1.51 bits per heavy atom. The summed E-state index contributed by atoms with van der Waals surface area (Å²) in [5, 5.41) is 7.55. The minimum Gasteiger partial charge on any atom is -0.361 e. The van der Waals surface area contributed by atoms with Gasteiger partial charge < -0.3 is 15.6 Å². The van der Waals surface area contributed by atoms with Crippen LogP contribution in [0.2, 0.25) is 0 Å². The van der Waals surface area contributed by atoms with Crippen LogP contribution >= 0.6 is 0 Å². The molecule has 5 heteroatoms. The van der Waals surface area contributed by atoms with Crippen LogP contribution in [-0.4, -0.2) is 22.8 Å². The Bertz CT molecular complexity index is 1300. The lowest BCUT2D eigenvalue weighted by atomic mass is 9.49. The first-order valence-corrected chi connectivity index (χ1v) is 14.4. The molecule has 0 spiro atoms. The molecule has 5 saturated carbocycles. The van der Waals surface area contributed by atoms with Crippen LogP contribution in [0, 0.1) is 23.2 Å². The van der Waals surface area contributed by atoms with Crippen LogP contribution in [0.4, 0.5) is 5.69 Å². The number of H-pyrrole nitrogens is 1. The van der Waals surface area contributed by atoms with E-state index in [9.17, 15) is 9.59 Å². The summed E-state index contributed by atoms with van der Waals surface area (Å²) in [7, 11) is 0. The molecular formula is C32H37N3O2. The highest BCUT2D eigenvalue weighted by Crippen LogP contribution is 2.60. The van der Waals surface area contributed by atoms with Crippen LogP contribution < -0.4 is 10.6 Å². The van der Waals surface area contributed by atoms with Crippen molar-refractivity contribution in [3.05, 3.63) is 54.2 Å². The van der Waals surface area contributed by atoms with Crippen molar-refractivity contribution >= 4 is 28.4 Å². The van der Waals surface area contributed by atoms with Crippen LogP contribution in [-0.2, 0) is 4.79 Å². The quantitative estimate of drug-likeness (QED) is 0.355. The van der Waals surface area contributed by atoms with Gasteiger partial charge in [-0.3, -0.25) is 9.59 Å². The molecule has 1 aromatic heterocycles. The largest absolute Gasteiger partial charge is 0.361 e. The van der Waals surface area contributed by atoms with Crippen molar-refractivity contribution in [1.82, 2.24) is 10.3 Å². The normalized spacial score (nSPS) is 28.9. The number of amides is 2. The third-order valence-electron chi connectivity index (χ3n) is 9.86. The summed E-state index contributed by atoms with van der Waals surface area (Å²) in [5.41, 5.74) is 4.60. The maximum atomic E-state index is 13.4. The zero-order valence-electron chi connectivity index (χ0n) is 21.5. The third kappa shape index (κ3) is 4.26. The van der Waals surface area contributed by atoms with E-state index in [-0.39, 0.29) is 17.2 Å². The van der Waals surface area contributed by atoms with E-state index in [0.29, 0.717) is 11.6 Å². The van der Waals surface area contributed by atoms with E-state index in [1.54, 1.807) is 0 Å². The van der Waals surface area contributed by atoms with Gasteiger partial charge in [0.15, 0.2) is 0 Å². The number of nitrogens with one attached hydrogen (secondary N) is 3. The van der Waals surface area contributed by atoms with Gasteiger partial charge in [-0.05, 0) is 105 Å². The number of carbonyl (C=O) groups is 2. The van der Waals surface area contributed by atoms with E-state index in [2.05, 4.69) is 27.8 Å². The fourth-order valence-electron chi connectivity index (χ4n) is 8.40. The van der Waals surface area contributed by atoms with Gasteiger partial charge in [-0.1, -0.05) is 31.4 Å². The number of anilines is 1. The summed E-state index contributed by atoms with van der Waals surface area (Å²) in [4.78, 5) is 29.7. The molecule has 0 aliphatic heterocycles. The maximum absolute atomic E-state index is 13.4. The van der Waals surface area contributed by atoms with E-state index >= 15 is 0 Å². The summed E-state index contributed by atoms with van der Waals surface area (Å²) in [5.74, 6) is 2.53. The average Bonchev–Trinajstić information content (AvgIpc) is 3.32. The van der Waals surface area contributed by atoms with Crippen LogP contribution in [0.3, 0.4) is 0 Å². The molecular weight excluding hydrogens is 458 g/mol. The first-order valence-electron chi connectivity index (χ1n) is 14.4. The van der Waals surface area contributed by atoms with Crippen molar-refractivity contribution in [2.45, 2.75) is 76.7 Å². The highest BCUT2D eigenvalue weighted by molar-refractivity contribution is 6.03. The minimum absolute atomic E-state index is 0.0173. The predicted molar refractivity (Wildman–Crippen MR) is 147 cm³/mol. The molecule has 3 N–H and O–H groups in total. The second-order valence-corrected chi connectivity index (χ2v) is 12.5. The second-order valence-electron chi connectivity index (χ2n) is 12.5. The standard InChI is InChI=1S/C32H37N3O2/c36-30(34-25-4-2-1-3-5-25)24-8-11-29-27(15-24)28(19-33-29)23-6-9-26(10-7-23)35-31(37)32-16-20-12-21(17-32)14-22(13-20)18-32/h6-11,15,19-22,25,33H,1-5,12-14,16-18H2,(H,34,36)(H,35,37).